The van der Waals surface area contributed by atoms with Crippen molar-refractivity contribution >= 4 is 29.0 Å². The zero-order chi connectivity index (χ0) is 22.7. The Bertz CT molecular complexity index is 1350. The number of rotatable bonds is 6. The number of aromatic carboxylic acids is 1. The van der Waals surface area contributed by atoms with Gasteiger partial charge in [-0.1, -0.05) is 30.3 Å². The maximum Gasteiger partial charge on any atom is 0.335 e. The van der Waals surface area contributed by atoms with E-state index in [0.717, 1.165) is 11.3 Å². The van der Waals surface area contributed by atoms with Crippen LogP contribution in [0.3, 0.4) is 0 Å². The summed E-state index contributed by atoms with van der Waals surface area (Å²) in [6, 6.07) is 21.0. The van der Waals surface area contributed by atoms with E-state index in [4.69, 9.17) is 4.74 Å². The molecule has 3 aromatic carbocycles. The van der Waals surface area contributed by atoms with Gasteiger partial charge >= 0.3 is 5.97 Å². The van der Waals surface area contributed by atoms with Gasteiger partial charge in [0.25, 0.3) is 5.56 Å². The van der Waals surface area contributed by atoms with Crippen molar-refractivity contribution in [2.24, 2.45) is 0 Å². The molecule has 0 amide bonds. The summed E-state index contributed by atoms with van der Waals surface area (Å²) in [5, 5.41) is 9.66. The van der Waals surface area contributed by atoms with Crippen LogP contribution >= 0.6 is 0 Å². The molecule has 4 aromatic rings. The van der Waals surface area contributed by atoms with Crippen molar-refractivity contribution in [3.63, 3.8) is 0 Å². The van der Waals surface area contributed by atoms with Crippen LogP contribution in [0, 0.1) is 0 Å². The van der Waals surface area contributed by atoms with Gasteiger partial charge in [0.2, 0.25) is 0 Å². The molecule has 4 rings (SSSR count). The van der Waals surface area contributed by atoms with Crippen LogP contribution in [0.5, 0.6) is 5.75 Å². The Morgan fingerprint density at radius 3 is 2.31 bits per heavy atom. The smallest absolute Gasteiger partial charge is 0.335 e. The summed E-state index contributed by atoms with van der Waals surface area (Å²) in [6.07, 6.45) is 3.75. The molecule has 160 valence electrons. The second-order valence-corrected chi connectivity index (χ2v) is 7.55. The fraction of sp³-hybridized carbons (Fsp3) is 0.115. The number of carboxylic acids is 1. The SMILES string of the molecule is CC(C)Oc1ccc(/C=C/c2nc3ccccc3c(=O)n2-c2ccc(C(=O)O)cc2)cc1. The predicted octanol–water partition coefficient (Wildman–Crippen LogP) is 5.04. The molecule has 0 aliphatic heterocycles. The first kappa shape index (κ1) is 21.1. The quantitative estimate of drug-likeness (QED) is 0.467. The van der Waals surface area contributed by atoms with Crippen LogP contribution in [-0.2, 0) is 0 Å². The summed E-state index contributed by atoms with van der Waals surface area (Å²) in [5.74, 6) is 0.209. The van der Waals surface area contributed by atoms with Crippen molar-refractivity contribution in [1.82, 2.24) is 9.55 Å². The Hall–Kier alpha value is -4.19. The van der Waals surface area contributed by atoms with Crippen LogP contribution in [-0.4, -0.2) is 26.7 Å². The lowest BCUT2D eigenvalue weighted by Gasteiger charge is -2.12. The summed E-state index contributed by atoms with van der Waals surface area (Å²) in [5.41, 5.74) is 1.99. The molecule has 1 heterocycles. The second kappa shape index (κ2) is 8.89. The van der Waals surface area contributed by atoms with Crippen molar-refractivity contribution in [2.45, 2.75) is 20.0 Å². The standard InChI is InChI=1S/C26H22N2O4/c1-17(2)32-21-14-7-18(8-15-21)9-16-24-27-23-6-4-3-5-22(23)25(29)28(24)20-12-10-19(11-13-20)26(30)31/h3-17H,1-2H3,(H,30,31)/b16-9+. The highest BCUT2D eigenvalue weighted by Gasteiger charge is 2.12. The lowest BCUT2D eigenvalue weighted by Crippen LogP contribution is -2.22. The first-order valence-corrected chi connectivity index (χ1v) is 10.2. The number of benzene rings is 3. The molecular weight excluding hydrogens is 404 g/mol. The molecule has 0 bridgehead atoms. The Morgan fingerprint density at radius 1 is 0.969 bits per heavy atom. The van der Waals surface area contributed by atoms with Gasteiger partial charge in [-0.2, -0.15) is 0 Å². The minimum atomic E-state index is -1.02. The van der Waals surface area contributed by atoms with Crippen molar-refractivity contribution in [2.75, 3.05) is 0 Å². The molecule has 6 heteroatoms. The number of nitrogens with zero attached hydrogens (tertiary/aromatic N) is 2. The van der Waals surface area contributed by atoms with Gasteiger partial charge < -0.3 is 9.84 Å². The Kier molecular flexibility index (Phi) is 5.85. The molecule has 0 aliphatic carbocycles. The number of para-hydroxylation sites is 1. The van der Waals surface area contributed by atoms with Crippen molar-refractivity contribution < 1.29 is 14.6 Å². The normalized spacial score (nSPS) is 11.3. The zero-order valence-electron chi connectivity index (χ0n) is 17.7. The van der Waals surface area contributed by atoms with Gasteiger partial charge in [-0.15, -0.1) is 0 Å². The van der Waals surface area contributed by atoms with Crippen molar-refractivity contribution in [1.29, 1.82) is 0 Å². The van der Waals surface area contributed by atoms with Gasteiger partial charge in [-0.25, -0.2) is 9.78 Å². The summed E-state index contributed by atoms with van der Waals surface area (Å²) in [7, 11) is 0. The molecule has 0 spiro atoms. The fourth-order valence-electron chi connectivity index (χ4n) is 3.36. The average molecular weight is 426 g/mol. The van der Waals surface area contributed by atoms with Crippen LogP contribution in [0.2, 0.25) is 0 Å². The highest BCUT2D eigenvalue weighted by atomic mass is 16.5. The maximum atomic E-state index is 13.3. The van der Waals surface area contributed by atoms with Gasteiger partial charge in [-0.3, -0.25) is 9.36 Å². The summed E-state index contributed by atoms with van der Waals surface area (Å²) >= 11 is 0. The number of aromatic nitrogens is 2. The summed E-state index contributed by atoms with van der Waals surface area (Å²) < 4.78 is 7.16. The summed E-state index contributed by atoms with van der Waals surface area (Å²) in [4.78, 5) is 29.2. The van der Waals surface area contributed by atoms with Gasteiger partial charge in [0.05, 0.1) is 28.3 Å². The fourth-order valence-corrected chi connectivity index (χ4v) is 3.36. The topological polar surface area (TPSA) is 81.4 Å². The van der Waals surface area contributed by atoms with E-state index in [1.54, 1.807) is 36.4 Å². The first-order chi connectivity index (χ1) is 15.4. The van der Waals surface area contributed by atoms with E-state index >= 15 is 0 Å². The molecule has 0 saturated carbocycles. The minimum Gasteiger partial charge on any atom is -0.491 e. The van der Waals surface area contributed by atoms with Crippen LogP contribution in [0.25, 0.3) is 28.7 Å². The third-order valence-corrected chi connectivity index (χ3v) is 4.85. The number of hydrogen-bond donors (Lipinski definition) is 1. The molecule has 0 unspecified atom stereocenters. The summed E-state index contributed by atoms with van der Waals surface area (Å²) in [6.45, 7) is 3.95. The van der Waals surface area contributed by atoms with Crippen LogP contribution in [0.1, 0.15) is 35.6 Å². The van der Waals surface area contributed by atoms with E-state index in [1.165, 1.54) is 16.7 Å². The van der Waals surface area contributed by atoms with Gasteiger partial charge in [0, 0.05) is 0 Å². The monoisotopic (exact) mass is 426 g/mol. The lowest BCUT2D eigenvalue weighted by molar-refractivity contribution is 0.0697. The minimum absolute atomic E-state index is 0.0974. The molecule has 0 saturated heterocycles. The lowest BCUT2D eigenvalue weighted by atomic mass is 10.1. The van der Waals surface area contributed by atoms with Gasteiger partial charge in [-0.05, 0) is 74.0 Å². The van der Waals surface area contributed by atoms with E-state index in [2.05, 4.69) is 4.98 Å². The number of ether oxygens (including phenoxy) is 1. The Morgan fingerprint density at radius 2 is 1.66 bits per heavy atom. The average Bonchev–Trinajstić information content (AvgIpc) is 2.78. The molecule has 0 atom stereocenters. The molecule has 1 aromatic heterocycles. The highest BCUT2D eigenvalue weighted by Crippen LogP contribution is 2.18. The molecule has 0 radical (unpaired) electrons. The zero-order valence-corrected chi connectivity index (χ0v) is 17.7. The number of fused-ring (bicyclic) bond motifs is 1. The van der Waals surface area contributed by atoms with Gasteiger partial charge in [0.15, 0.2) is 0 Å². The molecule has 0 aliphatic rings. The number of carbonyl (C=O) groups is 1. The largest absolute Gasteiger partial charge is 0.491 e. The van der Waals surface area contributed by atoms with Crippen molar-refractivity contribution in [3.8, 4) is 11.4 Å². The van der Waals surface area contributed by atoms with E-state index in [1.807, 2.05) is 50.3 Å². The second-order valence-electron chi connectivity index (χ2n) is 7.55. The molecule has 1 N–H and O–H groups in total. The van der Waals surface area contributed by atoms with Crippen LogP contribution in [0.4, 0.5) is 0 Å². The van der Waals surface area contributed by atoms with E-state index in [9.17, 15) is 14.7 Å². The maximum absolute atomic E-state index is 13.3. The number of hydrogen-bond acceptors (Lipinski definition) is 4. The first-order valence-electron chi connectivity index (χ1n) is 10.2. The Balaban J connectivity index is 1.79. The van der Waals surface area contributed by atoms with Crippen LogP contribution < -0.4 is 10.3 Å². The molecule has 6 nitrogen and oxygen atoms in total. The van der Waals surface area contributed by atoms with E-state index in [0.29, 0.717) is 22.4 Å². The molecular formula is C26H22N2O4. The highest BCUT2D eigenvalue weighted by molar-refractivity contribution is 5.88. The third kappa shape index (κ3) is 4.44. The third-order valence-electron chi connectivity index (χ3n) is 4.85. The van der Waals surface area contributed by atoms with Crippen molar-refractivity contribution in [3.05, 3.63) is 100 Å². The van der Waals surface area contributed by atoms with E-state index < -0.39 is 5.97 Å². The predicted molar refractivity (Wildman–Crippen MR) is 125 cm³/mol. The van der Waals surface area contributed by atoms with Crippen LogP contribution in [0.15, 0.2) is 77.6 Å². The molecule has 0 fully saturated rings. The number of carboxylic acid groups (broad SMARTS) is 1. The van der Waals surface area contributed by atoms with Gasteiger partial charge in [0.1, 0.15) is 11.6 Å². The van der Waals surface area contributed by atoms with E-state index in [-0.39, 0.29) is 17.2 Å². The molecule has 32 heavy (non-hydrogen) atoms. The Labute approximate surface area is 185 Å².